The maximum absolute atomic E-state index is 12.9. The minimum atomic E-state index is -0.161. The van der Waals surface area contributed by atoms with Crippen molar-refractivity contribution in [1.29, 1.82) is 0 Å². The number of aryl methyl sites for hydroxylation is 1. The Morgan fingerprint density at radius 2 is 1.76 bits per heavy atom. The van der Waals surface area contributed by atoms with Crippen molar-refractivity contribution >= 4 is 10.8 Å². The number of fused-ring (bicyclic) bond motifs is 1. The molecule has 3 heteroatoms. The lowest BCUT2D eigenvalue weighted by molar-refractivity contribution is 0.489. The SMILES string of the molecule is C[C@H](CCCCc1ccc(F)cc1)NCc1ccc2cnccc2c1. The van der Waals surface area contributed by atoms with E-state index in [1.807, 2.05) is 24.5 Å². The second kappa shape index (κ2) is 8.72. The molecule has 0 spiro atoms. The monoisotopic (exact) mass is 336 g/mol. The van der Waals surface area contributed by atoms with Gasteiger partial charge in [-0.2, -0.15) is 0 Å². The lowest BCUT2D eigenvalue weighted by Crippen LogP contribution is -2.25. The third-order valence-corrected chi connectivity index (χ3v) is 4.63. The maximum atomic E-state index is 12.9. The van der Waals surface area contributed by atoms with Gasteiger partial charge in [0.2, 0.25) is 0 Å². The number of aromatic nitrogens is 1. The molecule has 0 fully saturated rings. The third kappa shape index (κ3) is 5.36. The van der Waals surface area contributed by atoms with E-state index in [0.29, 0.717) is 6.04 Å². The minimum Gasteiger partial charge on any atom is -0.310 e. The quantitative estimate of drug-likeness (QED) is 0.567. The summed E-state index contributed by atoms with van der Waals surface area (Å²) >= 11 is 0. The van der Waals surface area contributed by atoms with E-state index in [-0.39, 0.29) is 5.82 Å². The van der Waals surface area contributed by atoms with Crippen LogP contribution in [-0.2, 0) is 13.0 Å². The molecular weight excluding hydrogens is 311 g/mol. The van der Waals surface area contributed by atoms with Crippen LogP contribution in [-0.4, -0.2) is 11.0 Å². The van der Waals surface area contributed by atoms with Crippen LogP contribution in [0.25, 0.3) is 10.8 Å². The number of nitrogens with zero attached hydrogens (tertiary/aromatic N) is 1. The molecule has 25 heavy (non-hydrogen) atoms. The van der Waals surface area contributed by atoms with Gasteiger partial charge in [0.05, 0.1) is 0 Å². The van der Waals surface area contributed by atoms with Crippen LogP contribution in [0.15, 0.2) is 60.9 Å². The molecule has 0 radical (unpaired) electrons. The number of halogens is 1. The normalized spacial score (nSPS) is 12.4. The topological polar surface area (TPSA) is 24.9 Å². The predicted octanol–water partition coefficient (Wildman–Crippen LogP) is 5.27. The van der Waals surface area contributed by atoms with Gasteiger partial charge in [0.25, 0.3) is 0 Å². The molecule has 0 amide bonds. The fourth-order valence-electron chi connectivity index (χ4n) is 3.07. The number of rotatable bonds is 8. The van der Waals surface area contributed by atoms with Crippen LogP contribution in [0.1, 0.15) is 37.3 Å². The van der Waals surface area contributed by atoms with E-state index >= 15 is 0 Å². The smallest absolute Gasteiger partial charge is 0.123 e. The van der Waals surface area contributed by atoms with Crippen molar-refractivity contribution in [2.75, 3.05) is 0 Å². The Hall–Kier alpha value is -2.26. The Bertz CT molecular complexity index is 798. The molecule has 0 aliphatic heterocycles. The Labute approximate surface area is 149 Å². The standard InChI is InChI=1S/C22H25FN2/c1-17(4-2-3-5-18-7-10-22(23)11-8-18)25-15-19-6-9-21-16-24-13-12-20(21)14-19/h6-14,16-17,25H,2-5,15H2,1H3/t17-/m1/s1. The van der Waals surface area contributed by atoms with Gasteiger partial charge >= 0.3 is 0 Å². The van der Waals surface area contributed by atoms with Crippen molar-refractivity contribution in [2.45, 2.75) is 45.2 Å². The number of pyridine rings is 1. The first kappa shape index (κ1) is 17.6. The summed E-state index contributed by atoms with van der Waals surface area (Å²) in [5.41, 5.74) is 2.52. The van der Waals surface area contributed by atoms with E-state index in [2.05, 4.69) is 41.5 Å². The van der Waals surface area contributed by atoms with Gasteiger partial charge in [0.1, 0.15) is 5.82 Å². The first-order chi connectivity index (χ1) is 12.2. The molecule has 3 aromatic rings. The molecule has 2 aromatic carbocycles. The van der Waals surface area contributed by atoms with E-state index in [1.54, 1.807) is 12.1 Å². The molecule has 0 saturated heterocycles. The van der Waals surface area contributed by atoms with Crippen LogP contribution in [0.3, 0.4) is 0 Å². The highest BCUT2D eigenvalue weighted by molar-refractivity contribution is 5.81. The highest BCUT2D eigenvalue weighted by Gasteiger charge is 2.03. The van der Waals surface area contributed by atoms with Crippen molar-refractivity contribution in [3.63, 3.8) is 0 Å². The Balaban J connectivity index is 1.38. The molecule has 1 aromatic heterocycles. The van der Waals surface area contributed by atoms with Crippen molar-refractivity contribution in [3.8, 4) is 0 Å². The first-order valence-electron chi connectivity index (χ1n) is 9.01. The third-order valence-electron chi connectivity index (χ3n) is 4.63. The fourth-order valence-corrected chi connectivity index (χ4v) is 3.07. The molecule has 1 atom stereocenters. The van der Waals surface area contributed by atoms with E-state index < -0.39 is 0 Å². The predicted molar refractivity (Wildman–Crippen MR) is 102 cm³/mol. The van der Waals surface area contributed by atoms with Gasteiger partial charge in [-0.05, 0) is 67.0 Å². The molecular formula is C22H25FN2. The molecule has 2 nitrogen and oxygen atoms in total. The Morgan fingerprint density at radius 1 is 0.960 bits per heavy atom. The molecule has 130 valence electrons. The lowest BCUT2D eigenvalue weighted by atomic mass is 10.0. The summed E-state index contributed by atoms with van der Waals surface area (Å²) < 4.78 is 12.9. The molecule has 1 N–H and O–H groups in total. The second-order valence-corrected chi connectivity index (χ2v) is 6.71. The van der Waals surface area contributed by atoms with Crippen molar-refractivity contribution in [3.05, 3.63) is 77.9 Å². The molecule has 0 unspecified atom stereocenters. The summed E-state index contributed by atoms with van der Waals surface area (Å²) in [5.74, 6) is -0.161. The molecule has 1 heterocycles. The number of hydrogen-bond acceptors (Lipinski definition) is 2. The van der Waals surface area contributed by atoms with Gasteiger partial charge in [-0.1, -0.05) is 30.7 Å². The average molecular weight is 336 g/mol. The second-order valence-electron chi connectivity index (χ2n) is 6.71. The molecule has 0 saturated carbocycles. The van der Waals surface area contributed by atoms with Crippen LogP contribution in [0.5, 0.6) is 0 Å². The van der Waals surface area contributed by atoms with Crippen molar-refractivity contribution < 1.29 is 4.39 Å². The van der Waals surface area contributed by atoms with Gasteiger partial charge < -0.3 is 5.32 Å². The number of nitrogens with one attached hydrogen (secondary N) is 1. The average Bonchev–Trinajstić information content (AvgIpc) is 2.65. The Morgan fingerprint density at radius 3 is 2.60 bits per heavy atom. The van der Waals surface area contributed by atoms with Crippen molar-refractivity contribution in [1.82, 2.24) is 10.3 Å². The van der Waals surface area contributed by atoms with E-state index in [9.17, 15) is 4.39 Å². The number of hydrogen-bond donors (Lipinski definition) is 1. The summed E-state index contributed by atoms with van der Waals surface area (Å²) in [6, 6.07) is 15.9. The van der Waals surface area contributed by atoms with E-state index in [0.717, 1.165) is 25.8 Å². The van der Waals surface area contributed by atoms with Crippen LogP contribution in [0.4, 0.5) is 4.39 Å². The zero-order valence-electron chi connectivity index (χ0n) is 14.7. The highest BCUT2D eigenvalue weighted by Crippen LogP contribution is 2.15. The molecule has 0 aliphatic rings. The zero-order valence-corrected chi connectivity index (χ0v) is 14.7. The van der Waals surface area contributed by atoms with Crippen LogP contribution in [0.2, 0.25) is 0 Å². The van der Waals surface area contributed by atoms with Gasteiger partial charge in [0.15, 0.2) is 0 Å². The fraction of sp³-hybridized carbons (Fsp3) is 0.318. The minimum absolute atomic E-state index is 0.161. The summed E-state index contributed by atoms with van der Waals surface area (Å²) in [7, 11) is 0. The number of benzene rings is 2. The number of unbranched alkanes of at least 4 members (excludes halogenated alkanes) is 1. The molecule has 0 aliphatic carbocycles. The zero-order chi connectivity index (χ0) is 17.5. The first-order valence-corrected chi connectivity index (χ1v) is 9.01. The van der Waals surface area contributed by atoms with Gasteiger partial charge in [-0.25, -0.2) is 4.39 Å². The summed E-state index contributed by atoms with van der Waals surface area (Å²) in [6.45, 7) is 3.13. The van der Waals surface area contributed by atoms with Gasteiger partial charge in [-0.3, -0.25) is 4.98 Å². The Kier molecular flexibility index (Phi) is 6.13. The van der Waals surface area contributed by atoms with Crippen molar-refractivity contribution in [2.24, 2.45) is 0 Å². The van der Waals surface area contributed by atoms with Crippen LogP contribution >= 0.6 is 0 Å². The summed E-state index contributed by atoms with van der Waals surface area (Å²) in [6.07, 6.45) is 8.22. The highest BCUT2D eigenvalue weighted by atomic mass is 19.1. The molecule has 3 rings (SSSR count). The van der Waals surface area contributed by atoms with E-state index in [1.165, 1.54) is 28.3 Å². The largest absolute Gasteiger partial charge is 0.310 e. The maximum Gasteiger partial charge on any atom is 0.123 e. The summed E-state index contributed by atoms with van der Waals surface area (Å²) in [5, 5.41) is 6.02. The van der Waals surface area contributed by atoms with E-state index in [4.69, 9.17) is 0 Å². The van der Waals surface area contributed by atoms with Crippen LogP contribution < -0.4 is 5.32 Å². The summed E-state index contributed by atoms with van der Waals surface area (Å²) in [4.78, 5) is 4.15. The van der Waals surface area contributed by atoms with Crippen LogP contribution in [0, 0.1) is 5.82 Å². The van der Waals surface area contributed by atoms with Gasteiger partial charge in [-0.15, -0.1) is 0 Å². The van der Waals surface area contributed by atoms with Gasteiger partial charge in [0, 0.05) is 30.4 Å². The molecule has 0 bridgehead atoms. The lowest BCUT2D eigenvalue weighted by Gasteiger charge is -2.14.